The number of hydrogen-bond donors (Lipinski definition) is 2. The molecule has 0 radical (unpaired) electrons. The van der Waals surface area contributed by atoms with Crippen LogP contribution >= 0.6 is 0 Å². The highest BCUT2D eigenvalue weighted by atomic mass is 32.2. The molecule has 1 fully saturated rings. The number of nitrogens with zero attached hydrogens (tertiary/aromatic N) is 1. The summed E-state index contributed by atoms with van der Waals surface area (Å²) in [6.07, 6.45) is 0.315. The number of hydrogen-bond acceptors (Lipinski definition) is 4. The summed E-state index contributed by atoms with van der Waals surface area (Å²) in [5, 5.41) is 9.46. The van der Waals surface area contributed by atoms with Crippen molar-refractivity contribution < 1.29 is 17.9 Å². The first kappa shape index (κ1) is 15.9. The topological polar surface area (TPSA) is 83.6 Å². The van der Waals surface area contributed by atoms with E-state index in [0.717, 1.165) is 12.1 Å². The van der Waals surface area contributed by atoms with Crippen LogP contribution in [0, 0.1) is 17.7 Å². The minimum absolute atomic E-state index is 0.0266. The predicted molar refractivity (Wildman–Crippen MR) is 76.3 cm³/mol. The summed E-state index contributed by atoms with van der Waals surface area (Å²) in [5.74, 6) is 4.59. The Morgan fingerprint density at radius 2 is 2.05 bits per heavy atom. The smallest absolute Gasteiger partial charge is 0.244 e. The maximum Gasteiger partial charge on any atom is 0.244 e. The van der Waals surface area contributed by atoms with Gasteiger partial charge in [-0.25, -0.2) is 12.8 Å². The van der Waals surface area contributed by atoms with E-state index in [1.54, 1.807) is 0 Å². The van der Waals surface area contributed by atoms with Gasteiger partial charge in [-0.05, 0) is 31.0 Å². The highest BCUT2D eigenvalue weighted by molar-refractivity contribution is 7.89. The van der Waals surface area contributed by atoms with Crippen molar-refractivity contribution in [2.75, 3.05) is 19.6 Å². The van der Waals surface area contributed by atoms with Gasteiger partial charge in [-0.15, -0.1) is 0 Å². The maximum absolute atomic E-state index is 13.3. The summed E-state index contributed by atoms with van der Waals surface area (Å²) in [7, 11) is -3.75. The number of halogens is 1. The fourth-order valence-electron chi connectivity index (χ4n) is 2.19. The highest BCUT2D eigenvalue weighted by Gasteiger charge is 2.30. The summed E-state index contributed by atoms with van der Waals surface area (Å²) in [6, 6.07) is 3.41. The molecule has 5 nitrogen and oxygen atoms in total. The summed E-state index contributed by atoms with van der Waals surface area (Å²) >= 11 is 0. The van der Waals surface area contributed by atoms with Crippen LogP contribution < -0.4 is 5.73 Å². The Morgan fingerprint density at radius 1 is 1.38 bits per heavy atom. The van der Waals surface area contributed by atoms with Gasteiger partial charge in [0.15, 0.2) is 0 Å². The molecule has 1 aromatic rings. The largest absolute Gasteiger partial charge is 0.393 e. The van der Waals surface area contributed by atoms with Crippen LogP contribution in [0.25, 0.3) is 0 Å². The second-order valence-corrected chi connectivity index (χ2v) is 6.69. The monoisotopic (exact) mass is 312 g/mol. The van der Waals surface area contributed by atoms with Gasteiger partial charge in [-0.2, -0.15) is 4.31 Å². The van der Waals surface area contributed by atoms with E-state index < -0.39 is 21.9 Å². The summed E-state index contributed by atoms with van der Waals surface area (Å²) in [6.45, 7) is 0.543. The van der Waals surface area contributed by atoms with Crippen molar-refractivity contribution in [3.8, 4) is 11.8 Å². The quantitative estimate of drug-likeness (QED) is 0.769. The van der Waals surface area contributed by atoms with Gasteiger partial charge in [0.2, 0.25) is 10.0 Å². The zero-order valence-corrected chi connectivity index (χ0v) is 12.2. The van der Waals surface area contributed by atoms with Gasteiger partial charge in [-0.3, -0.25) is 0 Å². The number of benzene rings is 1. The molecule has 2 rings (SSSR count). The maximum atomic E-state index is 13.3. The number of piperidine rings is 1. The molecule has 0 unspecified atom stereocenters. The lowest BCUT2D eigenvalue weighted by molar-refractivity contribution is 0.113. The van der Waals surface area contributed by atoms with E-state index in [-0.39, 0.29) is 30.1 Å². The van der Waals surface area contributed by atoms with Crippen LogP contribution in [-0.2, 0) is 10.0 Å². The molecule has 0 amide bonds. The van der Waals surface area contributed by atoms with E-state index in [9.17, 15) is 17.9 Å². The van der Waals surface area contributed by atoms with Crippen molar-refractivity contribution in [1.29, 1.82) is 0 Å². The van der Waals surface area contributed by atoms with E-state index in [0.29, 0.717) is 12.8 Å². The lowest BCUT2D eigenvalue weighted by Crippen LogP contribution is -2.40. The van der Waals surface area contributed by atoms with Crippen molar-refractivity contribution in [3.63, 3.8) is 0 Å². The molecule has 1 aromatic carbocycles. The molecule has 0 saturated carbocycles. The number of aliphatic hydroxyl groups is 1. The Morgan fingerprint density at radius 3 is 2.67 bits per heavy atom. The molecule has 0 atom stereocenters. The van der Waals surface area contributed by atoms with E-state index in [2.05, 4.69) is 11.8 Å². The molecule has 114 valence electrons. The number of rotatable bonds is 2. The van der Waals surface area contributed by atoms with E-state index in [1.807, 2.05) is 0 Å². The fraction of sp³-hybridized carbons (Fsp3) is 0.429. The molecular formula is C14H17FN2O3S. The van der Waals surface area contributed by atoms with Gasteiger partial charge < -0.3 is 10.8 Å². The van der Waals surface area contributed by atoms with Gasteiger partial charge >= 0.3 is 0 Å². The number of aliphatic hydroxyl groups excluding tert-OH is 1. The van der Waals surface area contributed by atoms with Gasteiger partial charge in [0.1, 0.15) is 5.82 Å². The zero-order chi connectivity index (χ0) is 15.5. The summed E-state index contributed by atoms with van der Waals surface area (Å²) < 4.78 is 39.8. The first-order valence-electron chi connectivity index (χ1n) is 6.62. The minimum atomic E-state index is -3.75. The van der Waals surface area contributed by atoms with Crippen LogP contribution in [0.2, 0.25) is 0 Å². The summed E-state index contributed by atoms with van der Waals surface area (Å²) in [5.41, 5.74) is 5.38. The van der Waals surface area contributed by atoms with Crippen LogP contribution in [0.15, 0.2) is 23.1 Å². The molecule has 21 heavy (non-hydrogen) atoms. The van der Waals surface area contributed by atoms with Crippen molar-refractivity contribution >= 4 is 10.0 Å². The summed E-state index contributed by atoms with van der Waals surface area (Å²) in [4.78, 5) is -0.0266. The average molecular weight is 312 g/mol. The third-order valence-corrected chi connectivity index (χ3v) is 5.26. The standard InChI is InChI=1S/C14H17FN2O3S/c15-12-3-4-14(11(10-12)2-1-7-16)21(19,20)17-8-5-13(18)6-9-17/h3-4,10,13,18H,5-9,16H2. The van der Waals surface area contributed by atoms with Gasteiger partial charge in [0, 0.05) is 18.7 Å². The molecule has 1 aliphatic heterocycles. The molecule has 0 bridgehead atoms. The van der Waals surface area contributed by atoms with E-state index >= 15 is 0 Å². The first-order chi connectivity index (χ1) is 9.95. The van der Waals surface area contributed by atoms with Gasteiger partial charge in [0.25, 0.3) is 0 Å². The molecule has 1 aliphatic rings. The predicted octanol–water partition coefficient (Wildman–Crippen LogP) is 0.281. The zero-order valence-electron chi connectivity index (χ0n) is 11.4. The molecule has 1 heterocycles. The average Bonchev–Trinajstić information content (AvgIpc) is 2.45. The Bertz CT molecular complexity index is 671. The van der Waals surface area contributed by atoms with Crippen LogP contribution in [0.1, 0.15) is 18.4 Å². The first-order valence-corrected chi connectivity index (χ1v) is 8.06. The van der Waals surface area contributed by atoms with Crippen LogP contribution in [0.5, 0.6) is 0 Å². The highest BCUT2D eigenvalue weighted by Crippen LogP contribution is 2.24. The van der Waals surface area contributed by atoms with Crippen molar-refractivity contribution in [3.05, 3.63) is 29.6 Å². The van der Waals surface area contributed by atoms with Gasteiger partial charge in [-0.1, -0.05) is 11.8 Å². The lowest BCUT2D eigenvalue weighted by atomic mass is 10.1. The number of sulfonamides is 1. The minimum Gasteiger partial charge on any atom is -0.393 e. The van der Waals surface area contributed by atoms with E-state index in [4.69, 9.17) is 5.73 Å². The molecule has 7 heteroatoms. The normalized spacial score (nSPS) is 17.3. The second-order valence-electron chi connectivity index (χ2n) is 4.78. The van der Waals surface area contributed by atoms with Gasteiger partial charge in [0.05, 0.1) is 17.5 Å². The van der Waals surface area contributed by atoms with Crippen molar-refractivity contribution in [2.24, 2.45) is 5.73 Å². The SMILES string of the molecule is NCC#Cc1cc(F)ccc1S(=O)(=O)N1CCC(O)CC1. The molecular weight excluding hydrogens is 295 g/mol. The van der Waals surface area contributed by atoms with E-state index in [1.165, 1.54) is 10.4 Å². The van der Waals surface area contributed by atoms with Crippen molar-refractivity contribution in [1.82, 2.24) is 4.31 Å². The molecule has 0 spiro atoms. The fourth-order valence-corrected chi connectivity index (χ4v) is 3.79. The molecule has 0 aromatic heterocycles. The van der Waals surface area contributed by atoms with Crippen LogP contribution in [0.3, 0.4) is 0 Å². The Hall–Kier alpha value is -1.46. The number of nitrogens with two attached hydrogens (primary N) is 1. The lowest BCUT2D eigenvalue weighted by Gasteiger charge is -2.29. The Balaban J connectivity index is 2.40. The second kappa shape index (κ2) is 6.54. The molecule has 1 saturated heterocycles. The van der Waals surface area contributed by atoms with Crippen molar-refractivity contribution in [2.45, 2.75) is 23.8 Å². The molecule has 0 aliphatic carbocycles. The third-order valence-electron chi connectivity index (χ3n) is 3.31. The van der Waals surface area contributed by atoms with Crippen LogP contribution in [0.4, 0.5) is 4.39 Å². The molecule has 3 N–H and O–H groups in total. The third kappa shape index (κ3) is 3.60. The van der Waals surface area contributed by atoms with Crippen LogP contribution in [-0.4, -0.2) is 43.6 Å². The Kier molecular flexibility index (Phi) is 4.96. The Labute approximate surface area is 123 Å².